The zero-order valence-corrected chi connectivity index (χ0v) is 19.2. The molecular weight excluding hydrogens is 440 g/mol. The number of amides is 3. The van der Waals surface area contributed by atoms with Crippen LogP contribution in [-0.2, 0) is 9.53 Å². The minimum atomic E-state index is -0.807. The Balaban J connectivity index is 1.63. The highest BCUT2D eigenvalue weighted by Gasteiger charge is 2.27. The van der Waals surface area contributed by atoms with Gasteiger partial charge in [-0.3, -0.25) is 4.79 Å². The molecule has 1 unspecified atom stereocenters. The number of ether oxygens (including phenoxy) is 2. The highest BCUT2D eigenvalue weighted by molar-refractivity contribution is 6.00. The number of hydrogen-bond donors (Lipinski definition) is 3. The Morgan fingerprint density at radius 1 is 0.971 bits per heavy atom. The number of rotatable bonds is 8. The van der Waals surface area contributed by atoms with Gasteiger partial charge in [0.05, 0.1) is 19.9 Å². The molecule has 3 rings (SSSR count). The van der Waals surface area contributed by atoms with E-state index < -0.39 is 23.9 Å². The van der Waals surface area contributed by atoms with Crippen LogP contribution in [0.4, 0.5) is 16.2 Å². The third-order valence-corrected chi connectivity index (χ3v) is 4.94. The summed E-state index contributed by atoms with van der Waals surface area (Å²) in [6, 6.07) is 14.1. The average Bonchev–Trinajstić information content (AvgIpc) is 3.33. The number of nitrogens with one attached hydrogen (secondary N) is 3. The Morgan fingerprint density at radius 3 is 2.32 bits per heavy atom. The molecule has 1 atom stereocenters. The van der Waals surface area contributed by atoms with Gasteiger partial charge in [0.2, 0.25) is 5.76 Å². The number of nitrogens with zero attached hydrogens (tertiary/aromatic N) is 1. The van der Waals surface area contributed by atoms with E-state index in [2.05, 4.69) is 21.1 Å². The molecule has 0 fully saturated rings. The third kappa shape index (κ3) is 5.91. The largest absolute Gasteiger partial charge is 0.495 e. The molecule has 10 nitrogen and oxygen atoms in total. The molecule has 3 aromatic rings. The highest BCUT2D eigenvalue weighted by Crippen LogP contribution is 2.24. The lowest BCUT2D eigenvalue weighted by molar-refractivity contribution is -0.144. The quantitative estimate of drug-likeness (QED) is 0.429. The molecule has 0 aliphatic heterocycles. The van der Waals surface area contributed by atoms with E-state index in [-0.39, 0.29) is 11.7 Å². The van der Waals surface area contributed by atoms with Gasteiger partial charge in [-0.25, -0.2) is 9.59 Å². The van der Waals surface area contributed by atoms with Crippen molar-refractivity contribution in [1.29, 1.82) is 0 Å². The van der Waals surface area contributed by atoms with E-state index in [0.29, 0.717) is 28.4 Å². The van der Waals surface area contributed by atoms with Crippen molar-refractivity contribution >= 4 is 29.3 Å². The van der Waals surface area contributed by atoms with Crippen LogP contribution in [-0.4, -0.2) is 43.3 Å². The second-order valence-electron chi connectivity index (χ2n) is 7.65. The van der Waals surface area contributed by atoms with E-state index >= 15 is 0 Å². The number of anilines is 2. The fourth-order valence-corrected chi connectivity index (χ4v) is 3.11. The molecule has 0 aliphatic carbocycles. The first-order valence-corrected chi connectivity index (χ1v) is 10.5. The molecule has 2 aromatic carbocycles. The monoisotopic (exact) mass is 466 g/mol. The Hall–Kier alpha value is -4.34. The van der Waals surface area contributed by atoms with Gasteiger partial charge in [0.15, 0.2) is 0 Å². The summed E-state index contributed by atoms with van der Waals surface area (Å²) in [5, 5.41) is 12.0. The van der Waals surface area contributed by atoms with Gasteiger partial charge in [-0.15, -0.1) is 0 Å². The smallest absolute Gasteiger partial charge is 0.328 e. The van der Waals surface area contributed by atoms with E-state index in [0.717, 1.165) is 0 Å². The van der Waals surface area contributed by atoms with Gasteiger partial charge >= 0.3 is 12.0 Å². The molecule has 0 spiro atoms. The summed E-state index contributed by atoms with van der Waals surface area (Å²) >= 11 is 0. The normalized spacial score (nSPS) is 11.4. The Kier molecular flexibility index (Phi) is 7.86. The maximum Gasteiger partial charge on any atom is 0.328 e. The molecule has 1 aromatic heterocycles. The lowest BCUT2D eigenvalue weighted by Crippen LogP contribution is -2.44. The molecule has 3 N–H and O–H groups in total. The Bertz CT molecular complexity index is 1160. The number of hydrogen-bond acceptors (Lipinski definition) is 7. The fourth-order valence-electron chi connectivity index (χ4n) is 3.11. The van der Waals surface area contributed by atoms with Crippen molar-refractivity contribution in [2.75, 3.05) is 24.9 Å². The second-order valence-corrected chi connectivity index (χ2v) is 7.65. The second kappa shape index (κ2) is 11.0. The number of carbonyl (C=O) groups is 3. The number of benzene rings is 2. The molecular formula is C24H26N4O6. The van der Waals surface area contributed by atoms with Gasteiger partial charge in [0.1, 0.15) is 17.5 Å². The van der Waals surface area contributed by atoms with Crippen molar-refractivity contribution in [3.05, 3.63) is 60.4 Å². The number of aromatic nitrogens is 1. The van der Waals surface area contributed by atoms with Crippen LogP contribution in [0.15, 0.2) is 59.1 Å². The van der Waals surface area contributed by atoms with Crippen LogP contribution < -0.4 is 20.7 Å². The van der Waals surface area contributed by atoms with Crippen molar-refractivity contribution in [2.45, 2.75) is 19.9 Å². The van der Waals surface area contributed by atoms with Crippen molar-refractivity contribution in [2.24, 2.45) is 5.92 Å². The lowest BCUT2D eigenvalue weighted by atomic mass is 10.0. The molecule has 0 saturated heterocycles. The number of urea groups is 1. The van der Waals surface area contributed by atoms with E-state index in [9.17, 15) is 14.4 Å². The van der Waals surface area contributed by atoms with E-state index in [1.807, 2.05) is 0 Å². The van der Waals surface area contributed by atoms with Crippen LogP contribution >= 0.6 is 0 Å². The van der Waals surface area contributed by atoms with Crippen LogP contribution in [0.1, 0.15) is 24.4 Å². The summed E-state index contributed by atoms with van der Waals surface area (Å²) in [6.45, 7) is 3.58. The predicted octanol–water partition coefficient (Wildman–Crippen LogP) is 3.92. The maximum atomic E-state index is 12.5. The average molecular weight is 466 g/mol. The van der Waals surface area contributed by atoms with Gasteiger partial charge in [-0.2, -0.15) is 0 Å². The van der Waals surface area contributed by atoms with Crippen LogP contribution in [0, 0.1) is 5.92 Å². The third-order valence-electron chi connectivity index (χ3n) is 4.94. The van der Waals surface area contributed by atoms with Crippen molar-refractivity contribution in [3.8, 4) is 17.0 Å². The standard InChI is InChI=1S/C24H26N4O6/c1-14(2)21(23(30)33-4)27-22(29)20-13-18(28-34-20)15-9-11-16(12-10-15)25-24(31)26-17-7-5-6-8-19(17)32-3/h5-14,21H,1-4H3,(H,27,29)(H2,25,26,31). The van der Waals surface area contributed by atoms with Crippen LogP contribution in [0.5, 0.6) is 5.75 Å². The number of esters is 1. The van der Waals surface area contributed by atoms with Crippen molar-refractivity contribution in [1.82, 2.24) is 10.5 Å². The first kappa shape index (κ1) is 24.3. The molecule has 34 heavy (non-hydrogen) atoms. The van der Waals surface area contributed by atoms with Gasteiger partial charge in [0, 0.05) is 17.3 Å². The van der Waals surface area contributed by atoms with Crippen molar-refractivity contribution in [3.63, 3.8) is 0 Å². The van der Waals surface area contributed by atoms with Gasteiger partial charge in [-0.05, 0) is 30.2 Å². The van der Waals surface area contributed by atoms with E-state index in [1.54, 1.807) is 62.4 Å². The minimum Gasteiger partial charge on any atom is -0.495 e. The van der Waals surface area contributed by atoms with Crippen LogP contribution in [0.2, 0.25) is 0 Å². The summed E-state index contributed by atoms with van der Waals surface area (Å²) in [5.41, 5.74) is 2.19. The van der Waals surface area contributed by atoms with Gasteiger partial charge in [-0.1, -0.05) is 43.3 Å². The van der Waals surface area contributed by atoms with Gasteiger partial charge in [0.25, 0.3) is 5.91 Å². The van der Waals surface area contributed by atoms with Crippen LogP contribution in [0.3, 0.4) is 0 Å². The number of carbonyl (C=O) groups excluding carboxylic acids is 3. The maximum absolute atomic E-state index is 12.5. The topological polar surface area (TPSA) is 132 Å². The summed E-state index contributed by atoms with van der Waals surface area (Å²) in [5.74, 6) is -0.776. The molecule has 1 heterocycles. The Labute approximate surface area is 196 Å². The predicted molar refractivity (Wildman–Crippen MR) is 126 cm³/mol. The SMILES string of the molecule is COC(=O)C(NC(=O)c1cc(-c2ccc(NC(=O)Nc3ccccc3OC)cc2)no1)C(C)C. The molecule has 0 radical (unpaired) electrons. The first-order valence-electron chi connectivity index (χ1n) is 10.5. The molecule has 178 valence electrons. The first-order chi connectivity index (χ1) is 16.3. The molecule has 0 bridgehead atoms. The summed E-state index contributed by atoms with van der Waals surface area (Å²) in [7, 11) is 2.79. The number of methoxy groups -OCH3 is 2. The molecule has 0 aliphatic rings. The van der Waals surface area contributed by atoms with Crippen LogP contribution in [0.25, 0.3) is 11.3 Å². The Morgan fingerprint density at radius 2 is 1.68 bits per heavy atom. The van der Waals surface area contributed by atoms with E-state index in [4.69, 9.17) is 14.0 Å². The zero-order valence-electron chi connectivity index (χ0n) is 19.2. The van der Waals surface area contributed by atoms with Crippen molar-refractivity contribution < 1.29 is 28.4 Å². The molecule has 10 heteroatoms. The molecule has 0 saturated carbocycles. The molecule has 3 amide bonds. The highest BCUT2D eigenvalue weighted by atomic mass is 16.5. The lowest BCUT2D eigenvalue weighted by Gasteiger charge is -2.18. The minimum absolute atomic E-state index is 0.0389. The summed E-state index contributed by atoms with van der Waals surface area (Å²) in [6.07, 6.45) is 0. The zero-order chi connectivity index (χ0) is 24.7. The number of para-hydroxylation sites is 2. The van der Waals surface area contributed by atoms with E-state index in [1.165, 1.54) is 20.3 Å². The summed E-state index contributed by atoms with van der Waals surface area (Å²) in [4.78, 5) is 36.7. The summed E-state index contributed by atoms with van der Waals surface area (Å²) < 4.78 is 15.1. The fraction of sp³-hybridized carbons (Fsp3) is 0.250. The van der Waals surface area contributed by atoms with Gasteiger partial charge < -0.3 is 29.9 Å².